The lowest BCUT2D eigenvalue weighted by Gasteiger charge is -2.08. The van der Waals surface area contributed by atoms with Gasteiger partial charge in [-0.25, -0.2) is 4.98 Å². The first-order valence-electron chi connectivity index (χ1n) is 8.69. The zero-order valence-corrected chi connectivity index (χ0v) is 16.6. The molecule has 0 aliphatic heterocycles. The van der Waals surface area contributed by atoms with E-state index in [-0.39, 0.29) is 0 Å². The first kappa shape index (κ1) is 18.1. The summed E-state index contributed by atoms with van der Waals surface area (Å²) >= 11 is 7.63. The molecule has 140 valence electrons. The monoisotopic (exact) mass is 402 g/mol. The Morgan fingerprint density at radius 3 is 2.89 bits per heavy atom. The van der Waals surface area contributed by atoms with Gasteiger partial charge in [-0.2, -0.15) is 4.98 Å². The molecule has 3 heterocycles. The van der Waals surface area contributed by atoms with Crippen molar-refractivity contribution in [2.24, 2.45) is 5.92 Å². The summed E-state index contributed by atoms with van der Waals surface area (Å²) in [5.41, 5.74) is 2.30. The number of nitrogens with zero attached hydrogens (tertiary/aromatic N) is 5. The fraction of sp³-hybridized carbons (Fsp3) is 0.389. The van der Waals surface area contributed by atoms with Gasteiger partial charge in [0.15, 0.2) is 0 Å². The van der Waals surface area contributed by atoms with Gasteiger partial charge in [0.1, 0.15) is 15.2 Å². The van der Waals surface area contributed by atoms with Crippen molar-refractivity contribution < 1.29 is 4.74 Å². The molecule has 0 radical (unpaired) electrons. The average Bonchev–Trinajstić information content (AvgIpc) is 3.30. The van der Waals surface area contributed by atoms with Gasteiger partial charge in [-0.3, -0.25) is 4.98 Å². The smallest absolute Gasteiger partial charge is 0.227 e. The molecule has 0 amide bonds. The van der Waals surface area contributed by atoms with Crippen LogP contribution in [0.15, 0.2) is 24.4 Å². The van der Waals surface area contributed by atoms with E-state index in [1.165, 1.54) is 16.9 Å². The summed E-state index contributed by atoms with van der Waals surface area (Å²) in [6.45, 7) is 5.04. The third kappa shape index (κ3) is 4.70. The molecule has 0 aromatic carbocycles. The lowest BCUT2D eigenvalue weighted by atomic mass is 10.2. The van der Waals surface area contributed by atoms with Crippen LogP contribution in [-0.2, 0) is 6.54 Å². The van der Waals surface area contributed by atoms with Crippen LogP contribution in [0.5, 0.6) is 5.88 Å². The quantitative estimate of drug-likeness (QED) is 0.601. The van der Waals surface area contributed by atoms with Crippen LogP contribution >= 0.6 is 22.9 Å². The number of anilines is 1. The van der Waals surface area contributed by atoms with E-state index in [1.807, 2.05) is 20.0 Å². The molecule has 0 bridgehead atoms. The van der Waals surface area contributed by atoms with Crippen molar-refractivity contribution >= 4 is 28.9 Å². The lowest BCUT2D eigenvalue weighted by Crippen LogP contribution is -2.07. The first-order valence-corrected chi connectivity index (χ1v) is 9.89. The maximum absolute atomic E-state index is 6.10. The fourth-order valence-corrected chi connectivity index (χ4v) is 3.62. The molecule has 1 aliphatic carbocycles. The number of halogens is 1. The van der Waals surface area contributed by atoms with Crippen molar-refractivity contribution in [1.82, 2.24) is 25.1 Å². The molecule has 9 heteroatoms. The van der Waals surface area contributed by atoms with Crippen molar-refractivity contribution in [3.63, 3.8) is 0 Å². The third-order valence-corrected chi connectivity index (χ3v) is 5.35. The zero-order valence-electron chi connectivity index (χ0n) is 15.0. The molecule has 1 aliphatic rings. The molecule has 27 heavy (non-hydrogen) atoms. The molecule has 7 nitrogen and oxygen atoms in total. The van der Waals surface area contributed by atoms with Crippen LogP contribution in [0.2, 0.25) is 5.15 Å². The zero-order chi connectivity index (χ0) is 18.8. The van der Waals surface area contributed by atoms with E-state index in [2.05, 4.69) is 42.6 Å². The van der Waals surface area contributed by atoms with Gasteiger partial charge in [-0.1, -0.05) is 29.0 Å². The lowest BCUT2D eigenvalue weighted by molar-refractivity contribution is 0.285. The predicted molar refractivity (Wildman–Crippen MR) is 104 cm³/mol. The Labute approximate surface area is 166 Å². The van der Waals surface area contributed by atoms with Gasteiger partial charge < -0.3 is 10.1 Å². The van der Waals surface area contributed by atoms with Crippen LogP contribution in [0.25, 0.3) is 0 Å². The summed E-state index contributed by atoms with van der Waals surface area (Å²) in [7, 11) is 0. The van der Waals surface area contributed by atoms with Crippen LogP contribution in [0.1, 0.15) is 33.6 Å². The topological polar surface area (TPSA) is 85.7 Å². The molecule has 0 unspecified atom stereocenters. The predicted octanol–water partition coefficient (Wildman–Crippen LogP) is 3.79. The van der Waals surface area contributed by atoms with E-state index in [0.29, 0.717) is 42.0 Å². The minimum atomic E-state index is 0.337. The number of hydrogen-bond donors (Lipinski definition) is 1. The number of aryl methyl sites for hydroxylation is 2. The summed E-state index contributed by atoms with van der Waals surface area (Å²) < 4.78 is 5.85. The van der Waals surface area contributed by atoms with E-state index < -0.39 is 0 Å². The highest BCUT2D eigenvalue weighted by atomic mass is 35.5. The van der Waals surface area contributed by atoms with Gasteiger partial charge in [0.25, 0.3) is 0 Å². The number of ether oxygens (including phenoxy) is 1. The molecular formula is C18H19ClN6OS. The highest BCUT2D eigenvalue weighted by Gasteiger charge is 2.40. The summed E-state index contributed by atoms with van der Waals surface area (Å²) in [4.78, 5) is 13.1. The Hall–Kier alpha value is -2.32. The Balaban J connectivity index is 1.32. The number of aromatic nitrogens is 5. The highest BCUT2D eigenvalue weighted by Crippen LogP contribution is 2.46. The van der Waals surface area contributed by atoms with Gasteiger partial charge in [-0.05, 0) is 31.9 Å². The number of hydrogen-bond acceptors (Lipinski definition) is 8. The molecule has 0 spiro atoms. The molecule has 3 aromatic heterocycles. The maximum atomic E-state index is 6.10. The maximum Gasteiger partial charge on any atom is 0.227 e. The van der Waals surface area contributed by atoms with Crippen molar-refractivity contribution in [3.8, 4) is 5.88 Å². The average molecular weight is 403 g/mol. The second-order valence-corrected chi connectivity index (χ2v) is 8.25. The third-order valence-electron chi connectivity index (χ3n) is 4.32. The van der Waals surface area contributed by atoms with Gasteiger partial charge >= 0.3 is 0 Å². The van der Waals surface area contributed by atoms with Crippen LogP contribution in [0.4, 0.5) is 5.95 Å². The Morgan fingerprint density at radius 1 is 1.26 bits per heavy atom. The second-order valence-electron chi connectivity index (χ2n) is 6.59. The molecule has 1 N–H and O–H groups in total. The Kier molecular flexibility index (Phi) is 5.18. The molecule has 1 saturated carbocycles. The number of pyridine rings is 1. The van der Waals surface area contributed by atoms with Crippen LogP contribution in [-0.4, -0.2) is 31.8 Å². The van der Waals surface area contributed by atoms with Crippen molar-refractivity contribution in [2.45, 2.75) is 32.7 Å². The van der Waals surface area contributed by atoms with E-state index in [1.54, 1.807) is 6.07 Å². The number of nitrogens with one attached hydrogen (secondary N) is 1. The highest BCUT2D eigenvalue weighted by molar-refractivity contribution is 7.11. The molecule has 3 aromatic rings. The van der Waals surface area contributed by atoms with Gasteiger partial charge in [-0.15, -0.1) is 10.2 Å². The van der Waals surface area contributed by atoms with Crippen molar-refractivity contribution in [3.05, 3.63) is 50.8 Å². The molecule has 2 atom stereocenters. The van der Waals surface area contributed by atoms with Crippen LogP contribution in [0, 0.1) is 19.8 Å². The molecule has 0 saturated heterocycles. The minimum Gasteiger partial charge on any atom is -0.477 e. The van der Waals surface area contributed by atoms with Crippen molar-refractivity contribution in [1.29, 1.82) is 0 Å². The summed E-state index contributed by atoms with van der Waals surface area (Å²) in [6, 6.07) is 5.82. The molecule has 4 rings (SSSR count). The van der Waals surface area contributed by atoms with Gasteiger partial charge in [0, 0.05) is 29.8 Å². The minimum absolute atomic E-state index is 0.337. The Morgan fingerprint density at radius 2 is 2.15 bits per heavy atom. The van der Waals surface area contributed by atoms with E-state index in [4.69, 9.17) is 16.3 Å². The summed E-state index contributed by atoms with van der Waals surface area (Å²) in [6.07, 6.45) is 2.99. The van der Waals surface area contributed by atoms with Crippen LogP contribution < -0.4 is 10.1 Å². The fourth-order valence-electron chi connectivity index (χ4n) is 2.80. The summed E-state index contributed by atoms with van der Waals surface area (Å²) in [5.74, 6) is 1.79. The van der Waals surface area contributed by atoms with E-state index in [0.717, 1.165) is 22.1 Å². The standard InChI is InChI=1S/C18H19ClN6OS/c1-10-3-4-14(20-7-10)13-5-12(13)9-26-16-6-15(19)22-18(23-16)21-8-17-25-24-11(2)27-17/h3-4,6-7,12-13H,5,8-9H2,1-2H3,(H,21,22,23)/t12-,13+/m1/s1. The van der Waals surface area contributed by atoms with E-state index in [9.17, 15) is 0 Å². The van der Waals surface area contributed by atoms with Crippen LogP contribution in [0.3, 0.4) is 0 Å². The SMILES string of the molecule is Cc1ccc([C@H]2C[C@@H]2COc2cc(Cl)nc(NCc3nnc(C)s3)n2)nc1. The first-order chi connectivity index (χ1) is 13.1. The molecule has 1 fully saturated rings. The van der Waals surface area contributed by atoms with Crippen molar-refractivity contribution in [2.75, 3.05) is 11.9 Å². The normalized spacial score (nSPS) is 18.3. The van der Waals surface area contributed by atoms with E-state index >= 15 is 0 Å². The van der Waals surface area contributed by atoms with Gasteiger partial charge in [0.05, 0.1) is 13.2 Å². The second kappa shape index (κ2) is 7.74. The van der Waals surface area contributed by atoms with Gasteiger partial charge in [0.2, 0.25) is 11.8 Å². The molecular weight excluding hydrogens is 384 g/mol. The number of rotatable bonds is 7. The largest absolute Gasteiger partial charge is 0.477 e. The Bertz CT molecular complexity index is 932. The summed E-state index contributed by atoms with van der Waals surface area (Å²) in [5, 5.41) is 13.3.